The maximum Gasteiger partial charge on any atom is 0.121 e. The minimum Gasteiger partial charge on any atom is -0.507 e. The lowest BCUT2D eigenvalue weighted by atomic mass is 9.88. The monoisotopic (exact) mass is 293 g/mol. The van der Waals surface area contributed by atoms with Crippen molar-refractivity contribution in [1.82, 2.24) is 5.32 Å². The Morgan fingerprint density at radius 1 is 1.15 bits per heavy atom. The Morgan fingerprint density at radius 3 is 2.30 bits per heavy atom. The van der Waals surface area contributed by atoms with Crippen molar-refractivity contribution in [2.75, 3.05) is 12.8 Å². The Hall–Kier alpha value is -0.670. The second-order valence-corrected chi connectivity index (χ2v) is 7.40. The molecule has 0 bridgehead atoms. The molecule has 0 unspecified atom stereocenters. The zero-order valence-electron chi connectivity index (χ0n) is 13.0. The summed E-state index contributed by atoms with van der Waals surface area (Å²) in [4.78, 5) is 0. The van der Waals surface area contributed by atoms with Gasteiger partial charge < -0.3 is 10.4 Å². The van der Waals surface area contributed by atoms with Gasteiger partial charge in [0.2, 0.25) is 0 Å². The summed E-state index contributed by atoms with van der Waals surface area (Å²) >= 11 is 2.03. The predicted octanol–water partition coefficient (Wildman–Crippen LogP) is 4.16. The molecule has 1 fully saturated rings. The zero-order valence-corrected chi connectivity index (χ0v) is 13.8. The summed E-state index contributed by atoms with van der Waals surface area (Å²) in [7, 11) is 0. The van der Waals surface area contributed by atoms with Gasteiger partial charge in [0.05, 0.1) is 0 Å². The average Bonchev–Trinajstić information content (AvgIpc) is 2.45. The highest BCUT2D eigenvalue weighted by molar-refractivity contribution is 8.00. The van der Waals surface area contributed by atoms with Gasteiger partial charge >= 0.3 is 0 Å². The Labute approximate surface area is 127 Å². The molecule has 2 rings (SSSR count). The Kier molecular flexibility index (Phi) is 5.39. The fourth-order valence-corrected chi connectivity index (χ4v) is 4.17. The normalized spacial score (nSPS) is 18.1. The van der Waals surface area contributed by atoms with Crippen LogP contribution in [-0.4, -0.2) is 22.7 Å². The van der Waals surface area contributed by atoms with Gasteiger partial charge in [0, 0.05) is 17.8 Å². The van der Waals surface area contributed by atoms with Crippen molar-refractivity contribution in [2.45, 2.75) is 57.2 Å². The lowest BCUT2D eigenvalue weighted by molar-refractivity contribution is 0.379. The van der Waals surface area contributed by atoms with Crippen molar-refractivity contribution in [3.8, 4) is 5.75 Å². The van der Waals surface area contributed by atoms with Crippen LogP contribution in [0.1, 0.15) is 48.8 Å². The number of aryl methyl sites for hydroxylation is 2. The number of aromatic hydroxyl groups is 1. The summed E-state index contributed by atoms with van der Waals surface area (Å²) < 4.78 is 0.444. The molecule has 3 heteroatoms. The third-order valence-electron chi connectivity index (χ3n) is 4.52. The van der Waals surface area contributed by atoms with Gasteiger partial charge in [-0.1, -0.05) is 31.4 Å². The van der Waals surface area contributed by atoms with Gasteiger partial charge in [0.15, 0.2) is 0 Å². The Bertz CT molecular complexity index is 429. The molecule has 0 aromatic heterocycles. The third-order valence-corrected chi connectivity index (χ3v) is 5.94. The van der Waals surface area contributed by atoms with Gasteiger partial charge in [-0.3, -0.25) is 0 Å². The van der Waals surface area contributed by atoms with Gasteiger partial charge in [-0.15, -0.1) is 0 Å². The number of thioether (sulfide) groups is 1. The van der Waals surface area contributed by atoms with Crippen LogP contribution < -0.4 is 5.32 Å². The molecule has 1 aliphatic carbocycles. The molecule has 0 aliphatic heterocycles. The molecule has 0 heterocycles. The van der Waals surface area contributed by atoms with E-state index in [0.717, 1.165) is 24.2 Å². The van der Waals surface area contributed by atoms with Gasteiger partial charge in [-0.05, 0) is 49.6 Å². The first kappa shape index (κ1) is 15.7. The van der Waals surface area contributed by atoms with E-state index in [1.165, 1.54) is 37.7 Å². The van der Waals surface area contributed by atoms with Crippen LogP contribution in [0, 0.1) is 13.8 Å². The molecule has 1 aromatic rings. The summed E-state index contributed by atoms with van der Waals surface area (Å²) in [6.45, 7) is 5.92. The molecule has 0 saturated heterocycles. The van der Waals surface area contributed by atoms with E-state index in [2.05, 4.69) is 23.7 Å². The molecule has 0 atom stereocenters. The molecular weight excluding hydrogens is 266 g/mol. The predicted molar refractivity (Wildman–Crippen MR) is 88.6 cm³/mol. The average molecular weight is 293 g/mol. The van der Waals surface area contributed by atoms with Gasteiger partial charge in [0.25, 0.3) is 0 Å². The SMILES string of the molecule is CSC1(CNCc2cc(C)c(O)c(C)c2)CCCCC1. The molecule has 0 spiro atoms. The summed E-state index contributed by atoms with van der Waals surface area (Å²) in [5.74, 6) is 0.432. The van der Waals surface area contributed by atoms with E-state index in [0.29, 0.717) is 10.5 Å². The minimum atomic E-state index is 0.432. The second kappa shape index (κ2) is 6.86. The third kappa shape index (κ3) is 3.70. The number of phenolic OH excluding ortho intramolecular Hbond substituents is 1. The lowest BCUT2D eigenvalue weighted by Crippen LogP contribution is -2.39. The molecule has 0 amide bonds. The molecule has 1 saturated carbocycles. The Balaban J connectivity index is 1.92. The lowest BCUT2D eigenvalue weighted by Gasteiger charge is -2.36. The van der Waals surface area contributed by atoms with Crippen molar-refractivity contribution in [3.63, 3.8) is 0 Å². The maximum absolute atomic E-state index is 9.82. The van der Waals surface area contributed by atoms with E-state index >= 15 is 0 Å². The maximum atomic E-state index is 9.82. The van der Waals surface area contributed by atoms with Crippen LogP contribution in [0.5, 0.6) is 5.75 Å². The fourth-order valence-electron chi connectivity index (χ4n) is 3.23. The zero-order chi connectivity index (χ0) is 14.6. The van der Waals surface area contributed by atoms with E-state index in [9.17, 15) is 5.11 Å². The Morgan fingerprint density at radius 2 is 1.75 bits per heavy atom. The van der Waals surface area contributed by atoms with Crippen molar-refractivity contribution in [1.29, 1.82) is 0 Å². The summed E-state index contributed by atoms with van der Waals surface area (Å²) in [6.07, 6.45) is 9.09. The number of rotatable bonds is 5. The van der Waals surface area contributed by atoms with Crippen LogP contribution in [0.15, 0.2) is 12.1 Å². The number of benzene rings is 1. The van der Waals surface area contributed by atoms with Crippen LogP contribution in [-0.2, 0) is 6.54 Å². The van der Waals surface area contributed by atoms with Crippen LogP contribution in [0.2, 0.25) is 0 Å². The molecule has 2 N–H and O–H groups in total. The molecule has 1 aromatic carbocycles. The van der Waals surface area contributed by atoms with E-state index in [4.69, 9.17) is 0 Å². The number of nitrogens with one attached hydrogen (secondary N) is 1. The van der Waals surface area contributed by atoms with E-state index in [-0.39, 0.29) is 0 Å². The molecular formula is C17H27NOS. The number of phenols is 1. The first-order valence-corrected chi connectivity index (χ1v) is 8.84. The van der Waals surface area contributed by atoms with Crippen LogP contribution in [0.4, 0.5) is 0 Å². The van der Waals surface area contributed by atoms with Crippen molar-refractivity contribution < 1.29 is 5.11 Å². The summed E-state index contributed by atoms with van der Waals surface area (Å²) in [5, 5.41) is 13.4. The summed E-state index contributed by atoms with van der Waals surface area (Å²) in [6, 6.07) is 4.17. The van der Waals surface area contributed by atoms with Crippen LogP contribution in [0.25, 0.3) is 0 Å². The van der Waals surface area contributed by atoms with Gasteiger partial charge in [-0.2, -0.15) is 11.8 Å². The van der Waals surface area contributed by atoms with E-state index < -0.39 is 0 Å². The molecule has 112 valence electrons. The van der Waals surface area contributed by atoms with E-state index in [1.54, 1.807) is 0 Å². The van der Waals surface area contributed by atoms with Gasteiger partial charge in [0.1, 0.15) is 5.75 Å². The van der Waals surface area contributed by atoms with Crippen molar-refractivity contribution in [2.24, 2.45) is 0 Å². The quantitative estimate of drug-likeness (QED) is 0.855. The fraction of sp³-hybridized carbons (Fsp3) is 0.647. The smallest absolute Gasteiger partial charge is 0.121 e. The first-order valence-electron chi connectivity index (χ1n) is 7.61. The summed E-state index contributed by atoms with van der Waals surface area (Å²) in [5.41, 5.74) is 3.21. The molecule has 20 heavy (non-hydrogen) atoms. The second-order valence-electron chi connectivity index (χ2n) is 6.13. The topological polar surface area (TPSA) is 32.3 Å². The molecule has 0 radical (unpaired) electrons. The highest BCUT2D eigenvalue weighted by Gasteiger charge is 2.30. The molecule has 2 nitrogen and oxygen atoms in total. The standard InChI is InChI=1S/C17H27NOS/c1-13-9-15(10-14(2)16(13)19)11-18-12-17(20-3)7-5-4-6-8-17/h9-10,18-19H,4-8,11-12H2,1-3H3. The van der Waals surface area contributed by atoms with Gasteiger partial charge in [-0.25, -0.2) is 0 Å². The van der Waals surface area contributed by atoms with Crippen LogP contribution >= 0.6 is 11.8 Å². The number of hydrogen-bond acceptors (Lipinski definition) is 3. The van der Waals surface area contributed by atoms with Crippen molar-refractivity contribution >= 4 is 11.8 Å². The first-order chi connectivity index (χ1) is 9.56. The minimum absolute atomic E-state index is 0.432. The highest BCUT2D eigenvalue weighted by atomic mass is 32.2. The number of hydrogen-bond donors (Lipinski definition) is 2. The van der Waals surface area contributed by atoms with Crippen molar-refractivity contribution in [3.05, 3.63) is 28.8 Å². The highest BCUT2D eigenvalue weighted by Crippen LogP contribution is 2.38. The van der Waals surface area contributed by atoms with Crippen LogP contribution in [0.3, 0.4) is 0 Å². The van der Waals surface area contributed by atoms with E-state index in [1.807, 2.05) is 25.6 Å². The largest absolute Gasteiger partial charge is 0.507 e. The molecule has 1 aliphatic rings.